The maximum absolute atomic E-state index is 12.2. The molecule has 1 aromatic rings. The van der Waals surface area contributed by atoms with E-state index in [1.165, 1.54) is 12.8 Å². The fourth-order valence-electron chi connectivity index (χ4n) is 2.16. The van der Waals surface area contributed by atoms with Crippen LogP contribution in [0.25, 0.3) is 0 Å². The minimum Gasteiger partial charge on any atom is -0.390 e. The average Bonchev–Trinajstić information content (AvgIpc) is 2.97. The monoisotopic (exact) mass is 273 g/mol. The van der Waals surface area contributed by atoms with Gasteiger partial charge in [0.2, 0.25) is 10.0 Å². The van der Waals surface area contributed by atoms with Crippen LogP contribution in [0.3, 0.4) is 0 Å². The summed E-state index contributed by atoms with van der Waals surface area (Å²) in [7, 11) is -3.61. The molecule has 102 valence electrons. The molecule has 18 heavy (non-hydrogen) atoms. The summed E-state index contributed by atoms with van der Waals surface area (Å²) in [5, 5.41) is 15.5. The van der Waals surface area contributed by atoms with Gasteiger partial charge < -0.3 is 5.11 Å². The van der Waals surface area contributed by atoms with Gasteiger partial charge in [0.25, 0.3) is 0 Å². The Hall–Kier alpha value is -0.920. The van der Waals surface area contributed by atoms with Crippen molar-refractivity contribution in [2.75, 3.05) is 0 Å². The fourth-order valence-corrected chi connectivity index (χ4v) is 3.77. The Morgan fingerprint density at radius 2 is 2.22 bits per heavy atom. The summed E-state index contributed by atoms with van der Waals surface area (Å²) in [6, 6.07) is -0.0941. The molecular weight excluding hydrogens is 254 g/mol. The second kappa shape index (κ2) is 4.99. The molecule has 6 nitrogen and oxygen atoms in total. The van der Waals surface area contributed by atoms with Crippen molar-refractivity contribution in [2.45, 2.75) is 50.7 Å². The highest BCUT2D eigenvalue weighted by Crippen LogP contribution is 2.33. The van der Waals surface area contributed by atoms with Gasteiger partial charge in [-0.15, -0.1) is 0 Å². The summed E-state index contributed by atoms with van der Waals surface area (Å²) in [6.07, 6.45) is 3.25. The van der Waals surface area contributed by atoms with Crippen LogP contribution in [0.15, 0.2) is 4.90 Å². The zero-order valence-electron chi connectivity index (χ0n) is 10.6. The van der Waals surface area contributed by atoms with Crippen molar-refractivity contribution in [3.8, 4) is 0 Å². The summed E-state index contributed by atoms with van der Waals surface area (Å²) in [6.45, 7) is 3.10. The number of hydrogen-bond acceptors (Lipinski definition) is 4. The molecule has 1 aliphatic rings. The van der Waals surface area contributed by atoms with E-state index in [0.717, 1.165) is 6.42 Å². The zero-order chi connectivity index (χ0) is 13.3. The van der Waals surface area contributed by atoms with E-state index in [0.29, 0.717) is 11.6 Å². The number of aromatic nitrogens is 2. The van der Waals surface area contributed by atoms with Gasteiger partial charge >= 0.3 is 0 Å². The van der Waals surface area contributed by atoms with E-state index < -0.39 is 16.6 Å². The van der Waals surface area contributed by atoms with Crippen LogP contribution in [0.5, 0.6) is 0 Å². The molecule has 1 atom stereocenters. The van der Waals surface area contributed by atoms with Crippen molar-refractivity contribution in [1.82, 2.24) is 14.9 Å². The lowest BCUT2D eigenvalue weighted by Gasteiger charge is -2.14. The maximum Gasteiger partial charge on any atom is 0.244 e. The first-order valence-electron chi connectivity index (χ1n) is 6.11. The van der Waals surface area contributed by atoms with Crippen LogP contribution in [0, 0.1) is 12.8 Å². The van der Waals surface area contributed by atoms with E-state index in [2.05, 4.69) is 14.9 Å². The Labute approximate surface area is 107 Å². The smallest absolute Gasteiger partial charge is 0.244 e. The van der Waals surface area contributed by atoms with E-state index >= 15 is 0 Å². The third-order valence-corrected chi connectivity index (χ3v) is 4.91. The predicted octanol–water partition coefficient (Wildman–Crippen LogP) is 0.677. The number of aromatic amines is 1. The van der Waals surface area contributed by atoms with Crippen LogP contribution < -0.4 is 4.72 Å². The van der Waals surface area contributed by atoms with Crippen molar-refractivity contribution in [3.05, 3.63) is 11.4 Å². The summed E-state index contributed by atoms with van der Waals surface area (Å²) in [4.78, 5) is 0.0765. The summed E-state index contributed by atoms with van der Waals surface area (Å²) >= 11 is 0. The number of H-pyrrole nitrogens is 1. The molecule has 7 heteroatoms. The number of aryl methyl sites for hydroxylation is 1. The quantitative estimate of drug-likeness (QED) is 0.710. The molecule has 1 aromatic heterocycles. The molecule has 0 amide bonds. The van der Waals surface area contributed by atoms with Crippen LogP contribution >= 0.6 is 0 Å². The number of sulfonamides is 1. The number of hydrogen-bond donors (Lipinski definition) is 3. The molecule has 3 N–H and O–H groups in total. The highest BCUT2D eigenvalue weighted by molar-refractivity contribution is 7.89. The van der Waals surface area contributed by atoms with Gasteiger partial charge in [-0.1, -0.05) is 12.8 Å². The molecule has 2 rings (SSSR count). The fraction of sp³-hybridized carbons (Fsp3) is 0.727. The topological polar surface area (TPSA) is 95.1 Å². The van der Waals surface area contributed by atoms with E-state index in [1.54, 1.807) is 6.92 Å². The lowest BCUT2D eigenvalue weighted by atomic mass is 10.2. The first kappa shape index (κ1) is 13.5. The molecule has 1 unspecified atom stereocenters. The summed E-state index contributed by atoms with van der Waals surface area (Å²) in [5.74, 6) is 0.658. The van der Waals surface area contributed by atoms with Crippen LogP contribution in [-0.4, -0.2) is 29.8 Å². The van der Waals surface area contributed by atoms with Crippen molar-refractivity contribution >= 4 is 10.0 Å². The largest absolute Gasteiger partial charge is 0.390 e. The highest BCUT2D eigenvalue weighted by atomic mass is 32.2. The van der Waals surface area contributed by atoms with Gasteiger partial charge in [-0.25, -0.2) is 13.1 Å². The number of nitrogens with zero attached hydrogens (tertiary/aromatic N) is 1. The molecule has 0 spiro atoms. The average molecular weight is 273 g/mol. The van der Waals surface area contributed by atoms with Gasteiger partial charge in [0.05, 0.1) is 12.3 Å². The van der Waals surface area contributed by atoms with Crippen molar-refractivity contribution in [2.24, 2.45) is 5.92 Å². The summed E-state index contributed by atoms with van der Waals surface area (Å²) < 4.78 is 27.1. The van der Waals surface area contributed by atoms with Crippen LogP contribution in [-0.2, 0) is 16.6 Å². The molecule has 1 fully saturated rings. The molecule has 0 saturated heterocycles. The molecular formula is C11H19N3O3S. The second-order valence-corrected chi connectivity index (χ2v) is 6.63. The van der Waals surface area contributed by atoms with Gasteiger partial charge in [0.15, 0.2) is 0 Å². The van der Waals surface area contributed by atoms with Crippen LogP contribution in [0.1, 0.15) is 37.6 Å². The predicted molar refractivity (Wildman–Crippen MR) is 66.4 cm³/mol. The molecule has 1 aliphatic carbocycles. The Balaban J connectivity index is 2.15. The third kappa shape index (κ3) is 2.90. The Morgan fingerprint density at radius 3 is 2.78 bits per heavy atom. The molecule has 0 radical (unpaired) electrons. The number of aliphatic hydroxyl groups excluding tert-OH is 1. The van der Waals surface area contributed by atoms with E-state index in [9.17, 15) is 8.42 Å². The van der Waals surface area contributed by atoms with Gasteiger partial charge in [0.1, 0.15) is 10.6 Å². The van der Waals surface area contributed by atoms with Crippen molar-refractivity contribution in [3.63, 3.8) is 0 Å². The minimum absolute atomic E-state index is 0.0765. The number of rotatable bonds is 6. The molecule has 0 aromatic carbocycles. The van der Waals surface area contributed by atoms with Gasteiger partial charge in [-0.05, 0) is 26.2 Å². The number of aliphatic hydroxyl groups is 1. The standard InChI is InChI=1S/C11H19N3O3S/c1-7(5-9-3-4-9)14-18(16,17)11-8(2)12-13-10(11)6-15/h7,9,14-15H,3-6H2,1-2H3,(H,12,13). The van der Waals surface area contributed by atoms with Crippen molar-refractivity contribution in [1.29, 1.82) is 0 Å². The normalized spacial score (nSPS) is 17.9. The SMILES string of the molecule is Cc1[nH]nc(CO)c1S(=O)(=O)NC(C)CC1CC1. The van der Waals surface area contributed by atoms with Crippen LogP contribution in [0.4, 0.5) is 0 Å². The maximum atomic E-state index is 12.2. The Bertz CT molecular complexity index is 520. The lowest BCUT2D eigenvalue weighted by Crippen LogP contribution is -2.33. The van der Waals surface area contributed by atoms with E-state index in [1.807, 2.05) is 6.92 Å². The molecule has 0 bridgehead atoms. The Kier molecular flexibility index (Phi) is 3.74. The molecule has 1 heterocycles. The zero-order valence-corrected chi connectivity index (χ0v) is 11.4. The second-order valence-electron chi connectivity index (χ2n) is 4.98. The highest BCUT2D eigenvalue weighted by Gasteiger charge is 2.29. The van der Waals surface area contributed by atoms with E-state index in [-0.39, 0.29) is 16.6 Å². The van der Waals surface area contributed by atoms with E-state index in [4.69, 9.17) is 5.11 Å². The van der Waals surface area contributed by atoms with Gasteiger partial charge in [0, 0.05) is 6.04 Å². The van der Waals surface area contributed by atoms with Gasteiger partial charge in [-0.3, -0.25) is 5.10 Å². The van der Waals surface area contributed by atoms with Gasteiger partial charge in [-0.2, -0.15) is 5.10 Å². The lowest BCUT2D eigenvalue weighted by molar-refractivity contribution is 0.273. The summed E-state index contributed by atoms with van der Waals surface area (Å²) in [5.41, 5.74) is 0.615. The number of nitrogens with one attached hydrogen (secondary N) is 2. The molecule has 1 saturated carbocycles. The van der Waals surface area contributed by atoms with Crippen LogP contribution in [0.2, 0.25) is 0 Å². The Morgan fingerprint density at radius 1 is 1.56 bits per heavy atom. The minimum atomic E-state index is -3.61. The van der Waals surface area contributed by atoms with Crippen molar-refractivity contribution < 1.29 is 13.5 Å². The third-order valence-electron chi connectivity index (χ3n) is 3.12. The molecule has 0 aliphatic heterocycles. The first-order chi connectivity index (χ1) is 8.44. The first-order valence-corrected chi connectivity index (χ1v) is 7.59.